The smallest absolute Gasteiger partial charge is 0.257 e. The molecule has 1 aromatic carbocycles. The lowest BCUT2D eigenvalue weighted by Crippen LogP contribution is -2.40. The zero-order valence-electron chi connectivity index (χ0n) is 20.3. The highest BCUT2D eigenvalue weighted by Gasteiger charge is 2.22. The molecule has 1 aliphatic heterocycles. The van der Waals surface area contributed by atoms with Crippen molar-refractivity contribution in [3.05, 3.63) is 52.8 Å². The third-order valence-electron chi connectivity index (χ3n) is 6.06. The molecule has 2 heterocycles. The number of nitrogens with zero attached hydrogens (tertiary/aromatic N) is 3. The van der Waals surface area contributed by atoms with E-state index in [2.05, 4.69) is 10.3 Å². The maximum absolute atomic E-state index is 12.4. The van der Waals surface area contributed by atoms with Crippen LogP contribution in [0.25, 0.3) is 0 Å². The van der Waals surface area contributed by atoms with Crippen molar-refractivity contribution >= 4 is 23.4 Å². The summed E-state index contributed by atoms with van der Waals surface area (Å²) in [7, 11) is 4.92. The van der Waals surface area contributed by atoms with Gasteiger partial charge in [0.05, 0.1) is 23.9 Å². The van der Waals surface area contributed by atoms with Gasteiger partial charge < -0.3 is 25.6 Å². The summed E-state index contributed by atoms with van der Waals surface area (Å²) in [5, 5.41) is 3.36. The van der Waals surface area contributed by atoms with Crippen LogP contribution in [0.3, 0.4) is 0 Å². The molecule has 2 aromatic rings. The van der Waals surface area contributed by atoms with Crippen LogP contribution in [0.5, 0.6) is 5.75 Å². The number of pyridine rings is 1. The normalized spacial score (nSPS) is 15.5. The monoisotopic (exact) mass is 467 g/mol. The highest BCUT2D eigenvalue weighted by Crippen LogP contribution is 2.25. The van der Waals surface area contributed by atoms with Gasteiger partial charge in [-0.2, -0.15) is 0 Å². The van der Waals surface area contributed by atoms with Gasteiger partial charge in [-0.05, 0) is 42.5 Å². The van der Waals surface area contributed by atoms with Gasteiger partial charge in [0.25, 0.3) is 11.8 Å². The molecule has 1 fully saturated rings. The van der Waals surface area contributed by atoms with Crippen LogP contribution in [0.1, 0.15) is 51.7 Å². The number of carbonyl (C=O) groups excluding carboxylic acids is 3. The van der Waals surface area contributed by atoms with Gasteiger partial charge in [0.2, 0.25) is 5.91 Å². The third-order valence-corrected chi connectivity index (χ3v) is 6.06. The van der Waals surface area contributed by atoms with E-state index in [9.17, 15) is 14.4 Å². The Morgan fingerprint density at radius 1 is 1.24 bits per heavy atom. The van der Waals surface area contributed by atoms with E-state index in [-0.39, 0.29) is 11.8 Å². The molecule has 1 aromatic heterocycles. The summed E-state index contributed by atoms with van der Waals surface area (Å²) in [6.07, 6.45) is 3.95. The number of ether oxygens (including phenoxy) is 1. The maximum Gasteiger partial charge on any atom is 0.257 e. The first-order valence-corrected chi connectivity index (χ1v) is 11.4. The molecule has 1 saturated heterocycles. The van der Waals surface area contributed by atoms with E-state index in [0.717, 1.165) is 30.6 Å². The fourth-order valence-corrected chi connectivity index (χ4v) is 4.18. The molecule has 0 unspecified atom stereocenters. The minimum atomic E-state index is -0.552. The summed E-state index contributed by atoms with van der Waals surface area (Å²) in [6, 6.07) is 7.27. The quantitative estimate of drug-likeness (QED) is 0.614. The van der Waals surface area contributed by atoms with Crippen molar-refractivity contribution in [2.24, 2.45) is 11.7 Å². The lowest BCUT2D eigenvalue weighted by molar-refractivity contribution is -0.130. The number of hydrogen-bond acceptors (Lipinski definition) is 6. The van der Waals surface area contributed by atoms with E-state index in [1.807, 2.05) is 23.1 Å². The minimum Gasteiger partial charge on any atom is -0.496 e. The van der Waals surface area contributed by atoms with Gasteiger partial charge in [-0.15, -0.1) is 0 Å². The van der Waals surface area contributed by atoms with E-state index in [1.54, 1.807) is 27.1 Å². The molecule has 182 valence electrons. The fraction of sp³-hybridized carbons (Fsp3) is 0.440. The van der Waals surface area contributed by atoms with Gasteiger partial charge in [-0.3, -0.25) is 19.4 Å². The van der Waals surface area contributed by atoms with Crippen LogP contribution in [-0.2, 0) is 11.2 Å². The van der Waals surface area contributed by atoms with Crippen molar-refractivity contribution in [3.63, 3.8) is 0 Å². The number of benzene rings is 1. The maximum atomic E-state index is 12.4. The summed E-state index contributed by atoms with van der Waals surface area (Å²) >= 11 is 0. The SMILES string of the molecule is COc1cc(Cc2cc(NC[C@H]3CCCN(C(C)=O)C3)c(C(N)=O)cn2)ccc1C(=O)N(C)C. The number of likely N-dealkylation sites (tertiary alicyclic amines) is 1. The van der Waals surface area contributed by atoms with E-state index in [4.69, 9.17) is 10.5 Å². The summed E-state index contributed by atoms with van der Waals surface area (Å²) in [5.41, 5.74) is 8.68. The Bertz CT molecular complexity index is 1070. The molecule has 9 nitrogen and oxygen atoms in total. The van der Waals surface area contributed by atoms with Crippen LogP contribution in [0.15, 0.2) is 30.5 Å². The Hall–Kier alpha value is -3.62. The zero-order chi connectivity index (χ0) is 24.8. The molecule has 0 radical (unpaired) electrons. The molecule has 0 saturated carbocycles. The highest BCUT2D eigenvalue weighted by atomic mass is 16.5. The molecule has 1 atom stereocenters. The molecule has 3 amide bonds. The molecular weight excluding hydrogens is 434 g/mol. The van der Waals surface area contributed by atoms with Crippen molar-refractivity contribution in [2.75, 3.05) is 46.2 Å². The number of hydrogen-bond donors (Lipinski definition) is 2. The summed E-state index contributed by atoms with van der Waals surface area (Å²) in [6.45, 7) is 3.71. The van der Waals surface area contributed by atoms with E-state index in [1.165, 1.54) is 18.2 Å². The Kier molecular flexibility index (Phi) is 8.09. The second kappa shape index (κ2) is 11.0. The standard InChI is InChI=1S/C25H33N5O4/c1-16(31)30-9-5-6-18(15-30)13-28-22-12-19(27-14-21(22)24(26)32)10-17-7-8-20(23(11-17)34-4)25(33)29(2)3/h7-8,11-12,14,18H,5-6,9-10,13,15H2,1-4H3,(H2,26,32)(H,27,28)/t18-/m1/s1. The lowest BCUT2D eigenvalue weighted by Gasteiger charge is -2.32. The number of nitrogens with two attached hydrogens (primary N) is 1. The molecule has 3 rings (SSSR count). The highest BCUT2D eigenvalue weighted by molar-refractivity contribution is 5.98. The summed E-state index contributed by atoms with van der Waals surface area (Å²) in [5.74, 6) is 0.188. The fourth-order valence-electron chi connectivity index (χ4n) is 4.18. The van der Waals surface area contributed by atoms with Crippen LogP contribution >= 0.6 is 0 Å². The Morgan fingerprint density at radius 3 is 2.65 bits per heavy atom. The molecule has 1 aliphatic rings. The van der Waals surface area contributed by atoms with Crippen LogP contribution in [0, 0.1) is 5.92 Å². The summed E-state index contributed by atoms with van der Waals surface area (Å²) < 4.78 is 5.43. The first-order valence-electron chi connectivity index (χ1n) is 11.4. The first kappa shape index (κ1) is 25.0. The van der Waals surface area contributed by atoms with Crippen LogP contribution < -0.4 is 15.8 Å². The van der Waals surface area contributed by atoms with E-state index >= 15 is 0 Å². The summed E-state index contributed by atoms with van der Waals surface area (Å²) in [4.78, 5) is 43.8. The average molecular weight is 468 g/mol. The Labute approximate surface area is 200 Å². The van der Waals surface area contributed by atoms with Crippen molar-refractivity contribution in [1.82, 2.24) is 14.8 Å². The Morgan fingerprint density at radius 2 is 2.00 bits per heavy atom. The van der Waals surface area contributed by atoms with Crippen LogP contribution in [0.2, 0.25) is 0 Å². The molecule has 0 aliphatic carbocycles. The van der Waals surface area contributed by atoms with Crippen LogP contribution in [0.4, 0.5) is 5.69 Å². The van der Waals surface area contributed by atoms with Crippen molar-refractivity contribution < 1.29 is 19.1 Å². The second-order valence-corrected chi connectivity index (χ2v) is 8.85. The van der Waals surface area contributed by atoms with Crippen LogP contribution in [-0.4, -0.2) is 73.3 Å². The van der Waals surface area contributed by atoms with Crippen molar-refractivity contribution in [1.29, 1.82) is 0 Å². The molecule has 9 heteroatoms. The average Bonchev–Trinajstić information content (AvgIpc) is 2.82. The first-order chi connectivity index (χ1) is 16.2. The number of primary amides is 1. The van der Waals surface area contributed by atoms with Gasteiger partial charge in [0.1, 0.15) is 5.75 Å². The Balaban J connectivity index is 1.77. The van der Waals surface area contributed by atoms with Gasteiger partial charge in [-0.1, -0.05) is 6.07 Å². The van der Waals surface area contributed by atoms with Gasteiger partial charge in [-0.25, -0.2) is 0 Å². The zero-order valence-corrected chi connectivity index (χ0v) is 20.3. The number of aromatic nitrogens is 1. The minimum absolute atomic E-state index is 0.0856. The second-order valence-electron chi connectivity index (χ2n) is 8.85. The number of nitrogens with one attached hydrogen (secondary N) is 1. The largest absolute Gasteiger partial charge is 0.496 e. The van der Waals surface area contributed by atoms with Crippen molar-refractivity contribution in [2.45, 2.75) is 26.2 Å². The number of carbonyl (C=O) groups is 3. The third kappa shape index (κ3) is 6.03. The van der Waals surface area contributed by atoms with E-state index in [0.29, 0.717) is 48.0 Å². The lowest BCUT2D eigenvalue weighted by atomic mass is 9.97. The van der Waals surface area contributed by atoms with Gasteiger partial charge in [0.15, 0.2) is 0 Å². The molecular formula is C25H33N5O4. The number of rotatable bonds is 8. The van der Waals surface area contributed by atoms with Gasteiger partial charge in [0, 0.05) is 59.0 Å². The molecule has 0 spiro atoms. The number of anilines is 1. The molecule has 3 N–H and O–H groups in total. The van der Waals surface area contributed by atoms with Crippen molar-refractivity contribution in [3.8, 4) is 5.75 Å². The topological polar surface area (TPSA) is 118 Å². The molecule has 34 heavy (non-hydrogen) atoms. The predicted octanol–water partition coefficient (Wildman–Crippen LogP) is 2.15. The molecule has 0 bridgehead atoms. The van der Waals surface area contributed by atoms with Gasteiger partial charge >= 0.3 is 0 Å². The number of methoxy groups -OCH3 is 1. The van der Waals surface area contributed by atoms with E-state index < -0.39 is 5.91 Å². The number of piperidine rings is 1. The number of amides is 3. The predicted molar refractivity (Wildman–Crippen MR) is 130 cm³/mol.